The largest absolute Gasteiger partial charge is 0.450 e. The molecule has 0 heterocycles. The van der Waals surface area contributed by atoms with Crippen molar-refractivity contribution in [3.8, 4) is 0 Å². The maximum atomic E-state index is 12.3. The van der Waals surface area contributed by atoms with E-state index in [-0.39, 0.29) is 5.78 Å². The lowest BCUT2D eigenvalue weighted by atomic mass is 10.0. The lowest BCUT2D eigenvalue weighted by Gasteiger charge is -2.13. The molecule has 4 nitrogen and oxygen atoms in total. The van der Waals surface area contributed by atoms with Crippen LogP contribution in [0.15, 0.2) is 34.9 Å². The molecular formula is C17H24O4. The van der Waals surface area contributed by atoms with Gasteiger partial charge in [0.25, 0.3) is 0 Å². The van der Waals surface area contributed by atoms with Crippen LogP contribution in [-0.4, -0.2) is 24.1 Å². The van der Waals surface area contributed by atoms with Gasteiger partial charge in [0.05, 0.1) is 0 Å². The summed E-state index contributed by atoms with van der Waals surface area (Å²) in [5.41, 5.74) is 2.42. The van der Waals surface area contributed by atoms with Crippen molar-refractivity contribution in [2.45, 2.75) is 53.6 Å². The molecule has 0 aromatic heterocycles. The quantitative estimate of drug-likeness (QED) is 0.298. The number of esters is 1. The van der Waals surface area contributed by atoms with Crippen molar-refractivity contribution in [2.24, 2.45) is 0 Å². The molecule has 0 aromatic rings. The average molecular weight is 292 g/mol. The zero-order valence-electron chi connectivity index (χ0n) is 13.4. The van der Waals surface area contributed by atoms with Gasteiger partial charge in [-0.25, -0.2) is 0 Å². The minimum Gasteiger partial charge on any atom is -0.450 e. The fourth-order valence-electron chi connectivity index (χ4n) is 1.69. The third-order valence-electron chi connectivity index (χ3n) is 2.77. The molecule has 0 aliphatic rings. The monoisotopic (exact) mass is 292 g/mol. The molecule has 0 bridgehead atoms. The SMILES string of the molecule is CC(=O)OC(C=C(C)C)C(=O)/C(C)=C/CC/C(C)=C/C=O. The number of hydrogen-bond acceptors (Lipinski definition) is 4. The molecule has 0 amide bonds. The Morgan fingerprint density at radius 3 is 2.19 bits per heavy atom. The van der Waals surface area contributed by atoms with Crippen molar-refractivity contribution in [1.29, 1.82) is 0 Å². The second kappa shape index (κ2) is 9.86. The maximum absolute atomic E-state index is 12.3. The van der Waals surface area contributed by atoms with Crippen molar-refractivity contribution < 1.29 is 19.1 Å². The van der Waals surface area contributed by atoms with Crippen molar-refractivity contribution in [1.82, 2.24) is 0 Å². The van der Waals surface area contributed by atoms with Gasteiger partial charge in [-0.2, -0.15) is 0 Å². The Labute approximate surface area is 126 Å². The Bertz CT molecular complexity index is 477. The van der Waals surface area contributed by atoms with E-state index in [1.54, 1.807) is 19.1 Å². The van der Waals surface area contributed by atoms with E-state index in [0.717, 1.165) is 17.4 Å². The Hall–Kier alpha value is -1.97. The molecule has 21 heavy (non-hydrogen) atoms. The Morgan fingerprint density at radius 2 is 1.71 bits per heavy atom. The average Bonchev–Trinajstić information content (AvgIpc) is 2.36. The van der Waals surface area contributed by atoms with Crippen LogP contribution in [-0.2, 0) is 19.1 Å². The van der Waals surface area contributed by atoms with Crippen LogP contribution in [0.4, 0.5) is 0 Å². The number of ketones is 1. The molecule has 1 atom stereocenters. The van der Waals surface area contributed by atoms with Crippen LogP contribution in [0.2, 0.25) is 0 Å². The van der Waals surface area contributed by atoms with Crippen LogP contribution in [0.1, 0.15) is 47.5 Å². The first-order chi connectivity index (χ1) is 9.77. The summed E-state index contributed by atoms with van der Waals surface area (Å²) in [5, 5.41) is 0. The number of aldehydes is 1. The van der Waals surface area contributed by atoms with Gasteiger partial charge in [-0.15, -0.1) is 0 Å². The Balaban J connectivity index is 4.83. The predicted octanol–water partition coefficient (Wildman–Crippen LogP) is 3.33. The highest BCUT2D eigenvalue weighted by atomic mass is 16.5. The maximum Gasteiger partial charge on any atom is 0.303 e. The van der Waals surface area contributed by atoms with Gasteiger partial charge in [0.1, 0.15) is 6.29 Å². The zero-order chi connectivity index (χ0) is 16.4. The highest BCUT2D eigenvalue weighted by Crippen LogP contribution is 2.11. The first kappa shape index (κ1) is 19.0. The summed E-state index contributed by atoms with van der Waals surface area (Å²) < 4.78 is 5.05. The first-order valence-electron chi connectivity index (χ1n) is 6.92. The van der Waals surface area contributed by atoms with E-state index in [0.29, 0.717) is 18.4 Å². The van der Waals surface area contributed by atoms with Gasteiger partial charge >= 0.3 is 5.97 Å². The van der Waals surface area contributed by atoms with Crippen LogP contribution < -0.4 is 0 Å². The Morgan fingerprint density at radius 1 is 1.10 bits per heavy atom. The van der Waals surface area contributed by atoms with E-state index in [1.807, 2.05) is 20.8 Å². The number of Topliss-reactive ketones (excluding diaryl/α,β-unsaturated/α-hetero) is 1. The molecular weight excluding hydrogens is 268 g/mol. The van der Waals surface area contributed by atoms with Crippen LogP contribution in [0.5, 0.6) is 0 Å². The molecule has 0 aliphatic carbocycles. The summed E-state index contributed by atoms with van der Waals surface area (Å²) in [6.45, 7) is 8.54. The highest BCUT2D eigenvalue weighted by Gasteiger charge is 2.20. The van der Waals surface area contributed by atoms with Gasteiger partial charge in [-0.05, 0) is 58.3 Å². The van der Waals surface area contributed by atoms with E-state index < -0.39 is 12.1 Å². The first-order valence-corrected chi connectivity index (χ1v) is 6.92. The summed E-state index contributed by atoms with van der Waals surface area (Å²) in [4.78, 5) is 33.6. The number of carbonyl (C=O) groups is 3. The molecule has 0 radical (unpaired) electrons. The number of ether oxygens (including phenoxy) is 1. The molecule has 1 unspecified atom stereocenters. The van der Waals surface area contributed by atoms with Crippen molar-refractivity contribution in [3.63, 3.8) is 0 Å². The molecule has 0 aliphatic heterocycles. The summed E-state index contributed by atoms with van der Waals surface area (Å²) in [6.07, 6.45) is 6.21. The number of rotatable bonds is 8. The summed E-state index contributed by atoms with van der Waals surface area (Å²) >= 11 is 0. The fourth-order valence-corrected chi connectivity index (χ4v) is 1.69. The zero-order valence-corrected chi connectivity index (χ0v) is 13.4. The van der Waals surface area contributed by atoms with Gasteiger partial charge in [-0.1, -0.05) is 17.2 Å². The Kier molecular flexibility index (Phi) is 8.93. The van der Waals surface area contributed by atoms with Gasteiger partial charge in [0, 0.05) is 6.92 Å². The van der Waals surface area contributed by atoms with E-state index >= 15 is 0 Å². The number of hydrogen-bond donors (Lipinski definition) is 0. The smallest absolute Gasteiger partial charge is 0.303 e. The molecule has 116 valence electrons. The molecule has 0 fully saturated rings. The number of carbonyl (C=O) groups excluding carboxylic acids is 3. The highest BCUT2D eigenvalue weighted by molar-refractivity contribution is 6.00. The van der Waals surface area contributed by atoms with Gasteiger partial charge in [0.15, 0.2) is 6.10 Å². The molecule has 4 heteroatoms. The van der Waals surface area contributed by atoms with Crippen LogP contribution in [0, 0.1) is 0 Å². The molecule has 0 rings (SSSR count). The fraction of sp³-hybridized carbons (Fsp3) is 0.471. The third kappa shape index (κ3) is 8.74. The minimum absolute atomic E-state index is 0.219. The third-order valence-corrected chi connectivity index (χ3v) is 2.77. The molecule has 0 saturated heterocycles. The van der Waals surface area contributed by atoms with Crippen LogP contribution in [0.3, 0.4) is 0 Å². The normalized spacial score (nSPS) is 13.4. The van der Waals surface area contributed by atoms with Crippen LogP contribution >= 0.6 is 0 Å². The molecule has 0 spiro atoms. The molecule has 0 saturated carbocycles. The summed E-state index contributed by atoms with van der Waals surface area (Å²) in [7, 11) is 0. The van der Waals surface area contributed by atoms with Gasteiger partial charge < -0.3 is 4.74 Å². The van der Waals surface area contributed by atoms with Crippen molar-refractivity contribution in [3.05, 3.63) is 34.9 Å². The number of allylic oxidation sites excluding steroid dienone is 4. The second-order valence-electron chi connectivity index (χ2n) is 5.21. The van der Waals surface area contributed by atoms with Crippen molar-refractivity contribution >= 4 is 18.0 Å². The van der Waals surface area contributed by atoms with Crippen molar-refractivity contribution in [2.75, 3.05) is 0 Å². The van der Waals surface area contributed by atoms with Gasteiger partial charge in [0.2, 0.25) is 5.78 Å². The van der Waals surface area contributed by atoms with Gasteiger partial charge in [-0.3, -0.25) is 14.4 Å². The van der Waals surface area contributed by atoms with Crippen LogP contribution in [0.25, 0.3) is 0 Å². The standard InChI is InChI=1S/C17H24O4/c1-12(2)11-16(21-15(5)19)17(20)14(4)8-6-7-13(3)9-10-18/h8-11,16H,6-7H2,1-5H3/b13-9+,14-8+. The minimum atomic E-state index is -0.865. The summed E-state index contributed by atoms with van der Waals surface area (Å²) in [6, 6.07) is 0. The van der Waals surface area contributed by atoms with E-state index in [9.17, 15) is 14.4 Å². The topological polar surface area (TPSA) is 60.4 Å². The van der Waals surface area contributed by atoms with E-state index in [4.69, 9.17) is 4.74 Å². The second-order valence-corrected chi connectivity index (χ2v) is 5.21. The lowest BCUT2D eigenvalue weighted by molar-refractivity contribution is -0.149. The molecule has 0 N–H and O–H groups in total. The summed E-state index contributed by atoms with van der Waals surface area (Å²) in [5.74, 6) is -0.702. The van der Waals surface area contributed by atoms with E-state index in [1.165, 1.54) is 13.0 Å². The predicted molar refractivity (Wildman–Crippen MR) is 82.8 cm³/mol. The van der Waals surface area contributed by atoms with E-state index in [2.05, 4.69) is 0 Å². The molecule has 0 aromatic carbocycles. The lowest BCUT2D eigenvalue weighted by Crippen LogP contribution is -2.25.